The van der Waals surface area contributed by atoms with Gasteiger partial charge in [0, 0.05) is 48.2 Å². The Morgan fingerprint density at radius 1 is 1.37 bits per heavy atom. The minimum Gasteiger partial charge on any atom is -0.360 e. The van der Waals surface area contributed by atoms with Crippen LogP contribution in [-0.2, 0) is 4.79 Å². The van der Waals surface area contributed by atoms with E-state index in [1.807, 2.05) is 35.4 Å². The van der Waals surface area contributed by atoms with E-state index in [0.717, 1.165) is 48.8 Å². The van der Waals surface area contributed by atoms with Crippen LogP contribution in [0.4, 0.5) is 5.95 Å². The molecule has 4 rings (SSSR count). The molecule has 1 saturated heterocycles. The molecule has 3 heterocycles. The van der Waals surface area contributed by atoms with Gasteiger partial charge in [-0.3, -0.25) is 4.79 Å². The molecule has 30 heavy (non-hydrogen) atoms. The van der Waals surface area contributed by atoms with Gasteiger partial charge in [0.2, 0.25) is 11.9 Å². The van der Waals surface area contributed by atoms with Crippen molar-refractivity contribution in [1.29, 1.82) is 0 Å². The van der Waals surface area contributed by atoms with Crippen LogP contribution in [0.1, 0.15) is 25.7 Å². The molecule has 1 atom stereocenters. The number of amides is 1. The Morgan fingerprint density at radius 2 is 2.23 bits per heavy atom. The summed E-state index contributed by atoms with van der Waals surface area (Å²) in [6.45, 7) is 2.54. The van der Waals surface area contributed by atoms with Gasteiger partial charge in [-0.15, -0.1) is 0 Å². The molecule has 8 heteroatoms. The number of carbonyl (C=O) groups is 1. The molecule has 7 nitrogen and oxygen atoms in total. The predicted molar refractivity (Wildman–Crippen MR) is 120 cm³/mol. The van der Waals surface area contributed by atoms with Crippen molar-refractivity contribution in [3.8, 4) is 11.3 Å². The number of anilines is 1. The van der Waals surface area contributed by atoms with E-state index in [2.05, 4.69) is 32.6 Å². The number of nitrogens with zero attached hydrogens (tertiary/aromatic N) is 3. The van der Waals surface area contributed by atoms with E-state index in [4.69, 9.17) is 11.6 Å². The molecule has 0 aliphatic carbocycles. The summed E-state index contributed by atoms with van der Waals surface area (Å²) in [6.07, 6.45) is 7.11. The van der Waals surface area contributed by atoms with Crippen molar-refractivity contribution in [3.05, 3.63) is 41.7 Å². The number of H-pyrrole nitrogens is 1. The summed E-state index contributed by atoms with van der Waals surface area (Å²) in [7, 11) is 2.06. The van der Waals surface area contributed by atoms with Crippen molar-refractivity contribution in [1.82, 2.24) is 19.9 Å². The first-order valence-corrected chi connectivity index (χ1v) is 10.9. The SMILES string of the molecule is C[NH2+]CCCCC(=O)N1CC[C@@H](Nc2ncc(Cl)c(-c3c[nH]c4ccccc34)n2)C1. The number of nitrogens with two attached hydrogens (primary N) is 1. The average Bonchev–Trinajstić information content (AvgIpc) is 3.40. The highest BCUT2D eigenvalue weighted by Gasteiger charge is 2.26. The molecule has 1 aliphatic heterocycles. The zero-order valence-electron chi connectivity index (χ0n) is 17.2. The summed E-state index contributed by atoms with van der Waals surface area (Å²) in [5.74, 6) is 0.782. The van der Waals surface area contributed by atoms with Crippen LogP contribution in [-0.4, -0.2) is 58.5 Å². The predicted octanol–water partition coefficient (Wildman–Crippen LogP) is 2.65. The van der Waals surface area contributed by atoms with E-state index < -0.39 is 0 Å². The fourth-order valence-corrected chi connectivity index (χ4v) is 4.16. The second kappa shape index (κ2) is 9.45. The number of benzene rings is 1. The van der Waals surface area contributed by atoms with Gasteiger partial charge in [-0.05, 0) is 25.3 Å². The Kier molecular flexibility index (Phi) is 6.50. The van der Waals surface area contributed by atoms with E-state index in [1.54, 1.807) is 6.20 Å². The maximum atomic E-state index is 12.4. The minimum absolute atomic E-state index is 0.148. The highest BCUT2D eigenvalue weighted by Crippen LogP contribution is 2.32. The molecule has 0 unspecified atom stereocenters. The van der Waals surface area contributed by atoms with Crippen LogP contribution in [0.2, 0.25) is 5.02 Å². The number of aromatic nitrogens is 3. The minimum atomic E-state index is 0.148. The molecule has 1 aliphatic rings. The molecular weight excluding hydrogens is 400 g/mol. The third-order valence-corrected chi connectivity index (χ3v) is 5.87. The first kappa shape index (κ1) is 20.6. The summed E-state index contributed by atoms with van der Waals surface area (Å²) in [6, 6.07) is 8.21. The molecule has 4 N–H and O–H groups in total. The zero-order chi connectivity index (χ0) is 20.9. The maximum absolute atomic E-state index is 12.4. The molecule has 0 spiro atoms. The smallest absolute Gasteiger partial charge is 0.223 e. The van der Waals surface area contributed by atoms with Gasteiger partial charge in [-0.2, -0.15) is 0 Å². The Hall–Kier alpha value is -2.64. The van der Waals surface area contributed by atoms with Crippen molar-refractivity contribution in [3.63, 3.8) is 0 Å². The molecular formula is C22H28ClN6O+. The van der Waals surface area contributed by atoms with Gasteiger partial charge in [-0.25, -0.2) is 9.97 Å². The van der Waals surface area contributed by atoms with Crippen molar-refractivity contribution < 1.29 is 10.1 Å². The summed E-state index contributed by atoms with van der Waals surface area (Å²) in [4.78, 5) is 26.7. The summed E-state index contributed by atoms with van der Waals surface area (Å²) in [5.41, 5.74) is 2.69. The van der Waals surface area contributed by atoms with Crippen molar-refractivity contribution >= 4 is 34.4 Å². The number of aromatic amines is 1. The molecule has 3 aromatic rings. The summed E-state index contributed by atoms with van der Waals surface area (Å²) >= 11 is 6.42. The van der Waals surface area contributed by atoms with Crippen molar-refractivity contribution in [2.24, 2.45) is 0 Å². The van der Waals surface area contributed by atoms with Gasteiger partial charge in [0.25, 0.3) is 0 Å². The lowest BCUT2D eigenvalue weighted by Crippen LogP contribution is -2.79. The Bertz CT molecular complexity index is 1020. The fourth-order valence-electron chi connectivity index (χ4n) is 3.96. The van der Waals surface area contributed by atoms with Crippen LogP contribution in [0.25, 0.3) is 22.2 Å². The van der Waals surface area contributed by atoms with Gasteiger partial charge in [0.1, 0.15) is 0 Å². The van der Waals surface area contributed by atoms with Crippen LogP contribution in [0.15, 0.2) is 36.7 Å². The second-order valence-corrected chi connectivity index (χ2v) is 8.17. The molecule has 0 bridgehead atoms. The third-order valence-electron chi connectivity index (χ3n) is 5.60. The van der Waals surface area contributed by atoms with Gasteiger partial charge in [0.05, 0.1) is 30.5 Å². The van der Waals surface area contributed by atoms with Gasteiger partial charge in [-0.1, -0.05) is 29.8 Å². The van der Waals surface area contributed by atoms with E-state index >= 15 is 0 Å². The molecule has 1 aromatic carbocycles. The molecule has 1 amide bonds. The maximum Gasteiger partial charge on any atom is 0.223 e. The van der Waals surface area contributed by atoms with Gasteiger partial charge in [0.15, 0.2) is 0 Å². The number of para-hydroxylation sites is 1. The molecule has 2 aromatic heterocycles. The Morgan fingerprint density at radius 3 is 3.10 bits per heavy atom. The summed E-state index contributed by atoms with van der Waals surface area (Å²) in [5, 5.41) is 7.12. The van der Waals surface area contributed by atoms with Crippen LogP contribution < -0.4 is 10.6 Å². The number of halogens is 1. The highest BCUT2D eigenvalue weighted by atomic mass is 35.5. The molecule has 1 fully saturated rings. The number of hydrogen-bond acceptors (Lipinski definition) is 4. The lowest BCUT2D eigenvalue weighted by Gasteiger charge is -2.17. The number of likely N-dealkylation sites (tertiary alicyclic amines) is 1. The van der Waals surface area contributed by atoms with E-state index in [0.29, 0.717) is 29.6 Å². The molecule has 158 valence electrons. The largest absolute Gasteiger partial charge is 0.360 e. The average molecular weight is 428 g/mol. The standard InChI is InChI=1S/C22H27ClN6O/c1-24-10-5-4-8-20(30)29-11-9-15(14-29)27-22-26-13-18(23)21(28-22)17-12-25-19-7-3-2-6-16(17)19/h2-3,6-7,12-13,15,24-25H,4-5,8-11,14H2,1H3,(H,26,27,28)/p+1/t15-/m1/s1. The number of unbranched alkanes of at least 4 members (excludes halogenated alkanes) is 1. The van der Waals surface area contributed by atoms with Crippen LogP contribution in [0.3, 0.4) is 0 Å². The van der Waals surface area contributed by atoms with E-state index in [1.165, 1.54) is 0 Å². The summed E-state index contributed by atoms with van der Waals surface area (Å²) < 4.78 is 0. The number of nitrogens with one attached hydrogen (secondary N) is 2. The zero-order valence-corrected chi connectivity index (χ0v) is 18.0. The Labute approximate surface area is 181 Å². The fraction of sp³-hybridized carbons (Fsp3) is 0.409. The quantitative estimate of drug-likeness (QED) is 0.482. The van der Waals surface area contributed by atoms with Crippen LogP contribution >= 0.6 is 11.6 Å². The lowest BCUT2D eigenvalue weighted by atomic mass is 10.1. The van der Waals surface area contributed by atoms with Crippen molar-refractivity contribution in [2.75, 3.05) is 32.0 Å². The van der Waals surface area contributed by atoms with Crippen LogP contribution in [0.5, 0.6) is 0 Å². The second-order valence-electron chi connectivity index (χ2n) is 7.76. The topological polar surface area (TPSA) is 90.5 Å². The molecule has 0 saturated carbocycles. The third kappa shape index (κ3) is 4.57. The highest BCUT2D eigenvalue weighted by molar-refractivity contribution is 6.33. The number of quaternary nitrogens is 1. The first-order chi connectivity index (χ1) is 14.7. The van der Waals surface area contributed by atoms with Crippen LogP contribution in [0, 0.1) is 0 Å². The normalized spacial score (nSPS) is 16.3. The van der Waals surface area contributed by atoms with Crippen molar-refractivity contribution in [2.45, 2.75) is 31.7 Å². The molecule has 0 radical (unpaired) electrons. The number of hydrogen-bond donors (Lipinski definition) is 3. The number of fused-ring (bicyclic) bond motifs is 1. The van der Waals surface area contributed by atoms with Gasteiger partial charge >= 0.3 is 0 Å². The Balaban J connectivity index is 1.41. The lowest BCUT2D eigenvalue weighted by molar-refractivity contribution is -0.627. The van der Waals surface area contributed by atoms with Gasteiger partial charge < -0.3 is 20.5 Å². The first-order valence-electron chi connectivity index (χ1n) is 10.6. The van der Waals surface area contributed by atoms with E-state index in [9.17, 15) is 4.79 Å². The van der Waals surface area contributed by atoms with E-state index in [-0.39, 0.29) is 11.9 Å². The number of rotatable bonds is 8. The monoisotopic (exact) mass is 427 g/mol. The number of carbonyl (C=O) groups excluding carboxylic acids is 1.